The summed E-state index contributed by atoms with van der Waals surface area (Å²) in [5.41, 5.74) is 3.08. The molecule has 0 aromatic carbocycles. The van der Waals surface area contributed by atoms with Crippen molar-refractivity contribution in [3.05, 3.63) is 44.8 Å². The average molecular weight is 444 g/mol. The lowest BCUT2D eigenvalue weighted by atomic mass is 9.95. The summed E-state index contributed by atoms with van der Waals surface area (Å²) in [4.78, 5) is 32.2. The maximum Gasteiger partial charge on any atom is 0.338 e. The van der Waals surface area contributed by atoms with Crippen molar-refractivity contribution >= 4 is 40.1 Å². The third-order valence-corrected chi connectivity index (χ3v) is 8.28. The minimum absolute atomic E-state index is 0.0515. The fraction of sp³-hybridized carbons (Fsp3) is 0.500. The number of ether oxygens (including phenoxy) is 1. The van der Waals surface area contributed by atoms with Crippen molar-refractivity contribution < 1.29 is 14.3 Å². The first-order valence-corrected chi connectivity index (χ1v) is 12.2. The van der Waals surface area contributed by atoms with Crippen molar-refractivity contribution in [2.45, 2.75) is 51.1 Å². The summed E-state index contributed by atoms with van der Waals surface area (Å²) >= 11 is 3.09. The number of hydrogen-bond acceptors (Lipinski definition) is 7. The number of esters is 1. The van der Waals surface area contributed by atoms with E-state index < -0.39 is 0 Å². The maximum absolute atomic E-state index is 12.9. The number of thioether (sulfide) groups is 1. The Morgan fingerprint density at radius 1 is 1.33 bits per heavy atom. The van der Waals surface area contributed by atoms with Gasteiger partial charge in [0, 0.05) is 11.7 Å². The molecule has 4 atom stereocenters. The van der Waals surface area contributed by atoms with E-state index in [9.17, 15) is 9.59 Å². The van der Waals surface area contributed by atoms with Gasteiger partial charge in [-0.05, 0) is 65.8 Å². The Bertz CT molecular complexity index is 966. The Balaban J connectivity index is 1.38. The van der Waals surface area contributed by atoms with Crippen LogP contribution < -0.4 is 5.32 Å². The SMILES string of the molecule is COC(=O)C1=C(C)N=C2SC=C(CC(=O)N[C@H]3C[C@H]4CC[C@H]3C4)N2[C@@H]1c1ccsc1. The number of aliphatic imine (C=N–C) groups is 1. The van der Waals surface area contributed by atoms with Crippen LogP contribution in [0.25, 0.3) is 0 Å². The van der Waals surface area contributed by atoms with Crippen LogP contribution in [0.4, 0.5) is 0 Å². The van der Waals surface area contributed by atoms with Crippen LogP contribution in [0.15, 0.2) is 44.2 Å². The molecule has 1 aromatic heterocycles. The first-order valence-electron chi connectivity index (χ1n) is 10.4. The molecule has 1 amide bonds. The van der Waals surface area contributed by atoms with Gasteiger partial charge in [0.2, 0.25) is 5.91 Å². The highest BCUT2D eigenvalue weighted by Crippen LogP contribution is 2.46. The second-order valence-electron chi connectivity index (χ2n) is 8.47. The number of carbonyl (C=O) groups excluding carboxylic acids is 2. The molecule has 0 unspecified atom stereocenters. The van der Waals surface area contributed by atoms with Gasteiger partial charge in [-0.15, -0.1) is 0 Å². The van der Waals surface area contributed by atoms with Crippen LogP contribution in [-0.2, 0) is 14.3 Å². The van der Waals surface area contributed by atoms with Crippen LogP contribution in [0.1, 0.15) is 50.6 Å². The molecule has 8 heteroatoms. The molecule has 30 heavy (non-hydrogen) atoms. The molecule has 0 radical (unpaired) electrons. The number of allylic oxidation sites excluding steroid dienone is 1. The number of amides is 1. The Hall–Kier alpha value is -2.06. The summed E-state index contributed by atoms with van der Waals surface area (Å²) in [5, 5.41) is 10.1. The zero-order valence-corrected chi connectivity index (χ0v) is 18.7. The average Bonchev–Trinajstić information content (AvgIpc) is 3.51. The van der Waals surface area contributed by atoms with Gasteiger partial charge in [0.1, 0.15) is 0 Å². The number of thiophene rings is 1. The summed E-state index contributed by atoms with van der Waals surface area (Å²) in [7, 11) is 1.39. The van der Waals surface area contributed by atoms with Crippen LogP contribution in [0.2, 0.25) is 0 Å². The summed E-state index contributed by atoms with van der Waals surface area (Å²) in [6, 6.07) is 2.01. The number of methoxy groups -OCH3 is 1. The Morgan fingerprint density at radius 3 is 2.87 bits per heavy atom. The van der Waals surface area contributed by atoms with E-state index in [1.165, 1.54) is 38.1 Å². The van der Waals surface area contributed by atoms with Gasteiger partial charge in [-0.2, -0.15) is 11.3 Å². The minimum atomic E-state index is -0.380. The smallest absolute Gasteiger partial charge is 0.338 e. The van der Waals surface area contributed by atoms with Crippen molar-refractivity contribution in [2.75, 3.05) is 7.11 Å². The van der Waals surface area contributed by atoms with E-state index in [4.69, 9.17) is 4.74 Å². The predicted molar refractivity (Wildman–Crippen MR) is 119 cm³/mol. The van der Waals surface area contributed by atoms with Crippen LogP contribution in [0.3, 0.4) is 0 Å². The molecule has 0 spiro atoms. The van der Waals surface area contributed by atoms with Crippen molar-refractivity contribution in [3.8, 4) is 0 Å². The van der Waals surface area contributed by atoms with Crippen molar-refractivity contribution in [3.63, 3.8) is 0 Å². The second-order valence-corrected chi connectivity index (χ2v) is 10.1. The van der Waals surface area contributed by atoms with E-state index in [0.29, 0.717) is 23.2 Å². The van der Waals surface area contributed by atoms with E-state index >= 15 is 0 Å². The van der Waals surface area contributed by atoms with Gasteiger partial charge in [-0.3, -0.25) is 4.79 Å². The van der Waals surface area contributed by atoms with Crippen LogP contribution in [0.5, 0.6) is 0 Å². The summed E-state index contributed by atoms with van der Waals surface area (Å²) in [6.45, 7) is 1.84. The zero-order valence-electron chi connectivity index (χ0n) is 17.1. The lowest BCUT2D eigenvalue weighted by molar-refractivity contribution is -0.136. The van der Waals surface area contributed by atoms with E-state index in [1.807, 2.05) is 34.1 Å². The normalized spacial score (nSPS) is 29.6. The molecule has 5 rings (SSSR count). The molecule has 2 aliphatic heterocycles. The third-order valence-electron chi connectivity index (χ3n) is 6.69. The first kappa shape index (κ1) is 19.9. The van der Waals surface area contributed by atoms with Gasteiger partial charge in [-0.25, -0.2) is 9.79 Å². The highest BCUT2D eigenvalue weighted by Gasteiger charge is 2.43. The van der Waals surface area contributed by atoms with E-state index in [0.717, 1.165) is 28.8 Å². The quantitative estimate of drug-likeness (QED) is 0.691. The molecular weight excluding hydrogens is 418 g/mol. The Morgan fingerprint density at radius 2 is 2.20 bits per heavy atom. The topological polar surface area (TPSA) is 71.0 Å². The number of nitrogens with one attached hydrogen (secondary N) is 1. The number of amidine groups is 1. The van der Waals surface area contributed by atoms with E-state index in [-0.39, 0.29) is 24.3 Å². The van der Waals surface area contributed by atoms with Crippen LogP contribution >= 0.6 is 23.1 Å². The number of fused-ring (bicyclic) bond motifs is 3. The number of carbonyl (C=O) groups is 2. The molecular formula is C22H25N3O3S2. The number of rotatable bonds is 5. The molecule has 2 aliphatic carbocycles. The lowest BCUT2D eigenvalue weighted by Crippen LogP contribution is -2.41. The first-order chi connectivity index (χ1) is 14.5. The van der Waals surface area contributed by atoms with E-state index in [1.54, 1.807) is 11.3 Å². The molecule has 158 valence electrons. The Labute approximate surface area is 184 Å². The van der Waals surface area contributed by atoms with Gasteiger partial charge < -0.3 is 15.0 Å². The van der Waals surface area contributed by atoms with Gasteiger partial charge in [0.05, 0.1) is 30.8 Å². The molecule has 6 nitrogen and oxygen atoms in total. The highest BCUT2D eigenvalue weighted by atomic mass is 32.2. The third kappa shape index (κ3) is 3.39. The minimum Gasteiger partial charge on any atom is -0.466 e. The summed E-state index contributed by atoms with van der Waals surface area (Å²) < 4.78 is 5.08. The van der Waals surface area contributed by atoms with Crippen molar-refractivity contribution in [1.29, 1.82) is 0 Å². The molecule has 2 saturated carbocycles. The predicted octanol–water partition coefficient (Wildman–Crippen LogP) is 4.19. The largest absolute Gasteiger partial charge is 0.466 e. The maximum atomic E-state index is 12.9. The fourth-order valence-corrected chi connectivity index (χ4v) is 6.97. The van der Waals surface area contributed by atoms with Crippen LogP contribution in [-0.4, -0.2) is 35.1 Å². The molecule has 1 aromatic rings. The van der Waals surface area contributed by atoms with Gasteiger partial charge in [-0.1, -0.05) is 18.2 Å². The van der Waals surface area contributed by atoms with Gasteiger partial charge >= 0.3 is 5.97 Å². The number of hydrogen-bond donors (Lipinski definition) is 1. The molecule has 2 fully saturated rings. The lowest BCUT2D eigenvalue weighted by Gasteiger charge is -2.35. The van der Waals surface area contributed by atoms with Crippen molar-refractivity contribution in [2.24, 2.45) is 16.8 Å². The highest BCUT2D eigenvalue weighted by molar-refractivity contribution is 8.16. The standard InChI is InChI=1S/C22H25N3O3S2/c1-12-19(21(27)28-2)20(15-5-6-29-10-15)25-16(11-30-22(25)23-12)9-18(26)24-17-8-13-3-4-14(17)7-13/h5-6,10-11,13-14,17,20H,3-4,7-9H2,1-2H3,(H,24,26)/t13-,14-,17-,20+/m0/s1. The summed E-state index contributed by atoms with van der Waals surface area (Å²) in [5.74, 6) is 1.11. The molecule has 0 saturated heterocycles. The molecule has 1 N–H and O–H groups in total. The van der Waals surface area contributed by atoms with Gasteiger partial charge in [0.15, 0.2) is 5.17 Å². The fourth-order valence-electron chi connectivity index (χ4n) is 5.33. The van der Waals surface area contributed by atoms with E-state index in [2.05, 4.69) is 10.3 Å². The number of nitrogens with zero attached hydrogens (tertiary/aromatic N) is 2. The molecule has 4 aliphatic rings. The molecule has 3 heterocycles. The second kappa shape index (κ2) is 7.89. The summed E-state index contributed by atoms with van der Waals surface area (Å²) in [6.07, 6.45) is 5.22. The van der Waals surface area contributed by atoms with Crippen molar-refractivity contribution in [1.82, 2.24) is 10.2 Å². The van der Waals surface area contributed by atoms with Gasteiger partial charge in [0.25, 0.3) is 0 Å². The Kier molecular flexibility index (Phi) is 5.23. The van der Waals surface area contributed by atoms with Crippen LogP contribution in [0, 0.1) is 11.8 Å². The monoisotopic (exact) mass is 443 g/mol. The molecule has 2 bridgehead atoms. The zero-order chi connectivity index (χ0) is 20.8.